The lowest BCUT2D eigenvalue weighted by molar-refractivity contribution is 0.565. The van der Waals surface area contributed by atoms with Gasteiger partial charge < -0.3 is 5.32 Å². The number of aryl methyl sites for hydroxylation is 1. The van der Waals surface area contributed by atoms with E-state index in [4.69, 9.17) is 0 Å². The van der Waals surface area contributed by atoms with Gasteiger partial charge in [-0.05, 0) is 36.8 Å². The second-order valence-corrected chi connectivity index (χ2v) is 4.96. The molecule has 1 N–H and O–H groups in total. The summed E-state index contributed by atoms with van der Waals surface area (Å²) in [6.45, 7) is 2.03. The van der Waals surface area contributed by atoms with Gasteiger partial charge in [0.1, 0.15) is 5.82 Å². The number of hydrogen-bond acceptors (Lipinski definition) is 5. The largest absolute Gasteiger partial charge is 0.340 e. The Hall–Kier alpha value is -3.30. The molecular formula is C18H14N4O. The molecule has 0 aliphatic carbocycles. The summed E-state index contributed by atoms with van der Waals surface area (Å²) in [5, 5.41) is 3.29. The average Bonchev–Trinajstić information content (AvgIpc) is 2.58. The molecule has 0 radical (unpaired) electrons. The van der Waals surface area contributed by atoms with Gasteiger partial charge in [0.2, 0.25) is 6.08 Å². The first-order valence-electron chi connectivity index (χ1n) is 7.10. The first-order chi connectivity index (χ1) is 11.3. The van der Waals surface area contributed by atoms with Gasteiger partial charge >= 0.3 is 0 Å². The van der Waals surface area contributed by atoms with Crippen LogP contribution in [0, 0.1) is 6.92 Å². The quantitative estimate of drug-likeness (QED) is 0.580. The zero-order valence-electron chi connectivity index (χ0n) is 12.5. The Bertz CT molecular complexity index is 885. The van der Waals surface area contributed by atoms with Crippen LogP contribution in [0.2, 0.25) is 0 Å². The molecule has 0 aliphatic heterocycles. The molecule has 5 heteroatoms. The number of anilines is 2. The lowest BCUT2D eigenvalue weighted by atomic mass is 10.2. The number of aliphatic imine (C=N–C) groups is 1. The topological polar surface area (TPSA) is 67.2 Å². The summed E-state index contributed by atoms with van der Waals surface area (Å²) < 4.78 is 0. The number of carbonyl (C=O) groups excluding carboxylic acids is 1. The van der Waals surface area contributed by atoms with E-state index in [2.05, 4.69) is 20.3 Å². The Morgan fingerprint density at radius 3 is 2.78 bits per heavy atom. The van der Waals surface area contributed by atoms with Crippen LogP contribution in [0.1, 0.15) is 5.56 Å². The van der Waals surface area contributed by atoms with E-state index < -0.39 is 0 Å². The number of benzene rings is 2. The fourth-order valence-electron chi connectivity index (χ4n) is 2.19. The smallest absolute Gasteiger partial charge is 0.240 e. The molecule has 0 spiro atoms. The van der Waals surface area contributed by atoms with E-state index in [1.165, 1.54) is 6.08 Å². The van der Waals surface area contributed by atoms with Crippen LogP contribution in [0.4, 0.5) is 17.2 Å². The number of nitrogens with one attached hydrogen (secondary N) is 1. The van der Waals surface area contributed by atoms with Crippen LogP contribution in [-0.2, 0) is 4.79 Å². The zero-order chi connectivity index (χ0) is 16.1. The second kappa shape index (κ2) is 6.64. The molecule has 3 aromatic rings. The lowest BCUT2D eigenvalue weighted by Gasteiger charge is -2.09. The van der Waals surface area contributed by atoms with Crippen molar-refractivity contribution in [2.75, 3.05) is 5.32 Å². The van der Waals surface area contributed by atoms with Crippen LogP contribution in [0.3, 0.4) is 0 Å². The van der Waals surface area contributed by atoms with E-state index in [1.54, 1.807) is 24.4 Å². The molecule has 0 saturated carbocycles. The van der Waals surface area contributed by atoms with E-state index in [0.29, 0.717) is 17.3 Å². The Morgan fingerprint density at radius 1 is 1.09 bits per heavy atom. The monoisotopic (exact) mass is 302 g/mol. The maximum absolute atomic E-state index is 10.4. The molecule has 0 saturated heterocycles. The van der Waals surface area contributed by atoms with Gasteiger partial charge in [-0.2, -0.15) is 4.99 Å². The zero-order valence-corrected chi connectivity index (χ0v) is 12.5. The van der Waals surface area contributed by atoms with E-state index in [0.717, 1.165) is 16.8 Å². The van der Waals surface area contributed by atoms with Crippen molar-refractivity contribution in [1.82, 2.24) is 9.97 Å². The molecule has 3 rings (SSSR count). The van der Waals surface area contributed by atoms with Crippen molar-refractivity contribution in [1.29, 1.82) is 0 Å². The molecule has 5 nitrogen and oxygen atoms in total. The van der Waals surface area contributed by atoms with Gasteiger partial charge in [0.15, 0.2) is 5.82 Å². The predicted molar refractivity (Wildman–Crippen MR) is 89.7 cm³/mol. The average molecular weight is 302 g/mol. The van der Waals surface area contributed by atoms with Crippen molar-refractivity contribution < 1.29 is 4.79 Å². The van der Waals surface area contributed by atoms with Gasteiger partial charge in [-0.15, -0.1) is 0 Å². The van der Waals surface area contributed by atoms with Gasteiger partial charge in [-0.3, -0.25) is 0 Å². The SMILES string of the molecule is Cc1ccccc1Nc1ccnc(-c2cccc(N=C=O)c2)n1. The first-order valence-corrected chi connectivity index (χ1v) is 7.10. The van der Waals surface area contributed by atoms with Gasteiger partial charge in [0, 0.05) is 17.4 Å². The van der Waals surface area contributed by atoms with Crippen LogP contribution >= 0.6 is 0 Å². The van der Waals surface area contributed by atoms with Gasteiger partial charge in [-0.1, -0.05) is 30.3 Å². The summed E-state index contributed by atoms with van der Waals surface area (Å²) in [7, 11) is 0. The fraction of sp³-hybridized carbons (Fsp3) is 0.0556. The molecule has 23 heavy (non-hydrogen) atoms. The normalized spacial score (nSPS) is 9.96. The van der Waals surface area contributed by atoms with Crippen LogP contribution in [-0.4, -0.2) is 16.0 Å². The molecule has 0 amide bonds. The van der Waals surface area contributed by atoms with Crippen molar-refractivity contribution in [2.24, 2.45) is 4.99 Å². The molecule has 0 unspecified atom stereocenters. The molecular weight excluding hydrogens is 288 g/mol. The first kappa shape index (κ1) is 14.6. The third-order valence-corrected chi connectivity index (χ3v) is 3.34. The van der Waals surface area contributed by atoms with Crippen LogP contribution < -0.4 is 5.32 Å². The van der Waals surface area contributed by atoms with Gasteiger partial charge in [0.25, 0.3) is 0 Å². The standard InChI is InChI=1S/C18H14N4O/c1-13-5-2-3-8-16(13)21-17-9-10-19-18(22-17)14-6-4-7-15(11-14)20-12-23/h2-11H,1H3,(H,19,21,22). The van der Waals surface area contributed by atoms with Gasteiger partial charge in [0.05, 0.1) is 5.69 Å². The van der Waals surface area contributed by atoms with Gasteiger partial charge in [-0.25, -0.2) is 14.8 Å². The summed E-state index contributed by atoms with van der Waals surface area (Å²) in [4.78, 5) is 22.8. The summed E-state index contributed by atoms with van der Waals surface area (Å²) >= 11 is 0. The van der Waals surface area contributed by atoms with Crippen LogP contribution in [0.25, 0.3) is 11.4 Å². The Balaban J connectivity index is 1.92. The molecule has 0 aliphatic rings. The summed E-state index contributed by atoms with van der Waals surface area (Å²) in [5.41, 5.74) is 3.44. The van der Waals surface area contributed by atoms with Crippen LogP contribution in [0.15, 0.2) is 65.8 Å². The third kappa shape index (κ3) is 3.48. The van der Waals surface area contributed by atoms with Crippen molar-refractivity contribution in [3.05, 3.63) is 66.4 Å². The maximum atomic E-state index is 10.4. The third-order valence-electron chi connectivity index (χ3n) is 3.34. The minimum Gasteiger partial charge on any atom is -0.340 e. The second-order valence-electron chi connectivity index (χ2n) is 4.96. The summed E-state index contributed by atoms with van der Waals surface area (Å²) in [6, 6.07) is 16.9. The number of hydrogen-bond donors (Lipinski definition) is 1. The van der Waals surface area contributed by atoms with E-state index in [-0.39, 0.29) is 0 Å². The molecule has 1 heterocycles. The van der Waals surface area contributed by atoms with E-state index in [9.17, 15) is 4.79 Å². The summed E-state index contributed by atoms with van der Waals surface area (Å²) in [5.74, 6) is 1.26. The Labute approximate surface area is 133 Å². The highest BCUT2D eigenvalue weighted by Crippen LogP contribution is 2.23. The number of aromatic nitrogens is 2. The van der Waals surface area contributed by atoms with Crippen molar-refractivity contribution in [2.45, 2.75) is 6.92 Å². The van der Waals surface area contributed by atoms with Crippen molar-refractivity contribution >= 4 is 23.3 Å². The lowest BCUT2D eigenvalue weighted by Crippen LogP contribution is -1.98. The van der Waals surface area contributed by atoms with E-state index in [1.807, 2.05) is 43.3 Å². The number of para-hydroxylation sites is 1. The fourth-order valence-corrected chi connectivity index (χ4v) is 2.19. The molecule has 112 valence electrons. The van der Waals surface area contributed by atoms with Crippen LogP contribution in [0.5, 0.6) is 0 Å². The minimum atomic E-state index is 0.526. The number of nitrogens with zero attached hydrogens (tertiary/aromatic N) is 3. The molecule has 1 aromatic heterocycles. The minimum absolute atomic E-state index is 0.526. The number of isocyanates is 1. The highest BCUT2D eigenvalue weighted by molar-refractivity contribution is 5.65. The highest BCUT2D eigenvalue weighted by Gasteiger charge is 2.05. The molecule has 0 fully saturated rings. The molecule has 0 atom stereocenters. The Kier molecular flexibility index (Phi) is 4.22. The molecule has 0 bridgehead atoms. The predicted octanol–water partition coefficient (Wildman–Crippen LogP) is 4.16. The molecule has 2 aromatic carbocycles. The van der Waals surface area contributed by atoms with Crippen molar-refractivity contribution in [3.8, 4) is 11.4 Å². The summed E-state index contributed by atoms with van der Waals surface area (Å²) in [6.07, 6.45) is 3.23. The highest BCUT2D eigenvalue weighted by atomic mass is 16.1. The maximum Gasteiger partial charge on any atom is 0.240 e. The number of rotatable bonds is 4. The van der Waals surface area contributed by atoms with Crippen molar-refractivity contribution in [3.63, 3.8) is 0 Å². The van der Waals surface area contributed by atoms with E-state index >= 15 is 0 Å². The Morgan fingerprint density at radius 2 is 1.96 bits per heavy atom.